The van der Waals surface area contributed by atoms with Gasteiger partial charge in [-0.3, -0.25) is 19.4 Å². The molecule has 2 aromatic carbocycles. The summed E-state index contributed by atoms with van der Waals surface area (Å²) >= 11 is 6.42. The smallest absolute Gasteiger partial charge is 0.261 e. The normalized spacial score (nSPS) is 17.5. The lowest BCUT2D eigenvalue weighted by molar-refractivity contribution is 0.0590. The van der Waals surface area contributed by atoms with Crippen molar-refractivity contribution in [1.29, 1.82) is 0 Å². The highest BCUT2D eigenvalue weighted by molar-refractivity contribution is 6.32. The molecule has 0 radical (unpaired) electrons. The molecule has 2 aliphatic rings. The third kappa shape index (κ3) is 4.86. The van der Waals surface area contributed by atoms with E-state index in [-0.39, 0.29) is 18.4 Å². The molecule has 2 amide bonds. The number of imide groups is 1. The van der Waals surface area contributed by atoms with Crippen LogP contribution in [0.15, 0.2) is 36.4 Å². The largest absolute Gasteiger partial charge is 0.493 e. The van der Waals surface area contributed by atoms with Crippen molar-refractivity contribution in [1.82, 2.24) is 9.80 Å². The number of ether oxygens (including phenoxy) is 1. The Hall–Kier alpha value is -2.61. The SMILES string of the molecule is CCc1cc(Cl)c(OC)c(N2CCN(CC(O)CCN3C(=O)c4ccccc4C3=O)CC2)c1. The number of fused-ring (bicyclic) bond motifs is 1. The number of aliphatic hydroxyl groups is 1. The summed E-state index contributed by atoms with van der Waals surface area (Å²) in [6.45, 7) is 6.00. The number of hydrogen-bond acceptors (Lipinski definition) is 6. The third-order valence-electron chi connectivity index (χ3n) is 6.44. The van der Waals surface area contributed by atoms with Gasteiger partial charge in [0.2, 0.25) is 0 Å². The number of aliphatic hydroxyl groups excluding tert-OH is 1. The van der Waals surface area contributed by atoms with Crippen molar-refractivity contribution in [3.63, 3.8) is 0 Å². The fourth-order valence-corrected chi connectivity index (χ4v) is 4.87. The predicted octanol–water partition coefficient (Wildman–Crippen LogP) is 3.08. The lowest BCUT2D eigenvalue weighted by Crippen LogP contribution is -2.49. The van der Waals surface area contributed by atoms with E-state index in [0.29, 0.717) is 34.9 Å². The van der Waals surface area contributed by atoms with Crippen molar-refractivity contribution in [2.45, 2.75) is 25.9 Å². The van der Waals surface area contributed by atoms with E-state index < -0.39 is 6.10 Å². The fourth-order valence-electron chi connectivity index (χ4n) is 4.56. The molecule has 0 saturated carbocycles. The van der Waals surface area contributed by atoms with E-state index in [4.69, 9.17) is 16.3 Å². The fraction of sp³-hybridized carbons (Fsp3) is 0.440. The van der Waals surface area contributed by atoms with E-state index in [0.717, 1.165) is 38.3 Å². The number of piperazine rings is 1. The third-order valence-corrected chi connectivity index (χ3v) is 6.72. The minimum absolute atomic E-state index is 0.215. The van der Waals surface area contributed by atoms with E-state index in [1.54, 1.807) is 31.4 Å². The minimum atomic E-state index is -0.617. The Bertz CT molecular complexity index is 1000. The molecule has 33 heavy (non-hydrogen) atoms. The molecule has 1 atom stereocenters. The molecule has 7 nitrogen and oxygen atoms in total. The van der Waals surface area contributed by atoms with Crippen molar-refractivity contribution >= 4 is 29.1 Å². The summed E-state index contributed by atoms with van der Waals surface area (Å²) in [7, 11) is 1.64. The van der Waals surface area contributed by atoms with Crippen LogP contribution in [0.3, 0.4) is 0 Å². The maximum atomic E-state index is 12.5. The summed E-state index contributed by atoms with van der Waals surface area (Å²) in [5, 5.41) is 11.2. The van der Waals surface area contributed by atoms with Gasteiger partial charge in [-0.1, -0.05) is 30.7 Å². The zero-order chi connectivity index (χ0) is 23.5. The van der Waals surface area contributed by atoms with E-state index in [9.17, 15) is 14.7 Å². The second kappa shape index (κ2) is 10.1. The average molecular weight is 472 g/mol. The van der Waals surface area contributed by atoms with Gasteiger partial charge in [0.15, 0.2) is 5.75 Å². The number of β-amino-alcohol motifs (C(OH)–C–C–N with tert-alkyl or cyclic N) is 1. The van der Waals surface area contributed by atoms with Gasteiger partial charge in [0.25, 0.3) is 11.8 Å². The summed E-state index contributed by atoms with van der Waals surface area (Å²) in [5.41, 5.74) is 3.06. The van der Waals surface area contributed by atoms with Crippen LogP contribution in [0.5, 0.6) is 5.75 Å². The van der Waals surface area contributed by atoms with E-state index in [1.165, 1.54) is 10.5 Å². The molecule has 1 N–H and O–H groups in total. The standard InChI is InChI=1S/C25H30ClN3O4/c1-3-17-14-21(26)23(33-2)22(15-17)28-12-10-27(11-13-28)16-18(30)8-9-29-24(31)19-6-4-5-7-20(19)25(29)32/h4-7,14-15,18,30H,3,8-13,16H2,1-2H3. The number of anilines is 1. The first-order chi connectivity index (χ1) is 15.9. The molecule has 2 heterocycles. The summed E-state index contributed by atoms with van der Waals surface area (Å²) < 4.78 is 5.55. The number of amides is 2. The van der Waals surface area contributed by atoms with Gasteiger partial charge in [0, 0.05) is 39.3 Å². The molecular weight excluding hydrogens is 442 g/mol. The minimum Gasteiger partial charge on any atom is -0.493 e. The Kier molecular flexibility index (Phi) is 7.22. The van der Waals surface area contributed by atoms with Gasteiger partial charge in [-0.2, -0.15) is 0 Å². The quantitative estimate of drug-likeness (QED) is 0.596. The second-order valence-corrected chi connectivity index (χ2v) is 8.93. The first-order valence-corrected chi connectivity index (χ1v) is 11.8. The molecule has 0 aromatic heterocycles. The maximum Gasteiger partial charge on any atom is 0.261 e. The number of carbonyl (C=O) groups is 2. The molecule has 2 aliphatic heterocycles. The highest BCUT2D eigenvalue weighted by Crippen LogP contribution is 2.37. The number of halogens is 1. The average Bonchev–Trinajstić information content (AvgIpc) is 3.07. The number of rotatable bonds is 8. The highest BCUT2D eigenvalue weighted by atomic mass is 35.5. The number of nitrogens with zero attached hydrogens (tertiary/aromatic N) is 3. The molecule has 1 saturated heterocycles. The van der Waals surface area contributed by atoms with Crippen LogP contribution in [0.2, 0.25) is 5.02 Å². The Labute approximate surface area is 199 Å². The van der Waals surface area contributed by atoms with Crippen LogP contribution in [0.1, 0.15) is 39.6 Å². The van der Waals surface area contributed by atoms with Gasteiger partial charge in [-0.25, -0.2) is 0 Å². The topological polar surface area (TPSA) is 73.3 Å². The van der Waals surface area contributed by atoms with Crippen LogP contribution < -0.4 is 9.64 Å². The molecule has 0 bridgehead atoms. The molecule has 1 fully saturated rings. The van der Waals surface area contributed by atoms with Crippen LogP contribution in [-0.4, -0.2) is 79.2 Å². The van der Waals surface area contributed by atoms with Crippen LogP contribution in [-0.2, 0) is 6.42 Å². The van der Waals surface area contributed by atoms with Crippen LogP contribution in [0.25, 0.3) is 0 Å². The number of carbonyl (C=O) groups excluding carboxylic acids is 2. The first kappa shape index (κ1) is 23.5. The predicted molar refractivity (Wildman–Crippen MR) is 128 cm³/mol. The zero-order valence-corrected chi connectivity index (χ0v) is 19.8. The Morgan fingerprint density at radius 3 is 2.27 bits per heavy atom. The van der Waals surface area contributed by atoms with Crippen LogP contribution in [0.4, 0.5) is 5.69 Å². The number of aryl methyl sites for hydroxylation is 1. The van der Waals surface area contributed by atoms with Crippen molar-refractivity contribution in [2.75, 3.05) is 51.3 Å². The summed E-state index contributed by atoms with van der Waals surface area (Å²) in [6, 6.07) is 10.9. The molecule has 1 unspecified atom stereocenters. The van der Waals surface area contributed by atoms with E-state index in [2.05, 4.69) is 22.8 Å². The first-order valence-electron chi connectivity index (χ1n) is 11.4. The Balaban J connectivity index is 1.29. The van der Waals surface area contributed by atoms with Gasteiger partial charge in [-0.15, -0.1) is 0 Å². The molecule has 0 aliphatic carbocycles. The molecule has 0 spiro atoms. The summed E-state index contributed by atoms with van der Waals surface area (Å²) in [6.07, 6.45) is 0.636. The van der Waals surface area contributed by atoms with Gasteiger partial charge in [-0.05, 0) is 42.7 Å². The second-order valence-electron chi connectivity index (χ2n) is 8.52. The van der Waals surface area contributed by atoms with Crippen LogP contribution in [0, 0.1) is 0 Å². The van der Waals surface area contributed by atoms with Crippen molar-refractivity contribution in [3.05, 3.63) is 58.1 Å². The van der Waals surface area contributed by atoms with Crippen molar-refractivity contribution in [2.24, 2.45) is 0 Å². The summed E-state index contributed by atoms with van der Waals surface area (Å²) in [5.74, 6) is 0.139. The number of benzene rings is 2. The lowest BCUT2D eigenvalue weighted by Gasteiger charge is -2.37. The molecule has 2 aromatic rings. The maximum absolute atomic E-state index is 12.5. The van der Waals surface area contributed by atoms with Crippen LogP contribution >= 0.6 is 11.6 Å². The zero-order valence-electron chi connectivity index (χ0n) is 19.1. The Morgan fingerprint density at radius 2 is 1.70 bits per heavy atom. The van der Waals surface area contributed by atoms with E-state index in [1.807, 2.05) is 6.07 Å². The van der Waals surface area contributed by atoms with Gasteiger partial charge < -0.3 is 14.7 Å². The Morgan fingerprint density at radius 1 is 1.06 bits per heavy atom. The molecule has 8 heteroatoms. The highest BCUT2D eigenvalue weighted by Gasteiger charge is 2.35. The van der Waals surface area contributed by atoms with Gasteiger partial charge >= 0.3 is 0 Å². The van der Waals surface area contributed by atoms with Gasteiger partial charge in [0.1, 0.15) is 0 Å². The van der Waals surface area contributed by atoms with Crippen molar-refractivity contribution < 1.29 is 19.4 Å². The summed E-state index contributed by atoms with van der Waals surface area (Å²) in [4.78, 5) is 30.7. The number of methoxy groups -OCH3 is 1. The monoisotopic (exact) mass is 471 g/mol. The van der Waals surface area contributed by atoms with E-state index >= 15 is 0 Å². The molecule has 4 rings (SSSR count). The molecule has 176 valence electrons. The van der Waals surface area contributed by atoms with Crippen molar-refractivity contribution in [3.8, 4) is 5.75 Å². The molecular formula is C25H30ClN3O4. The van der Waals surface area contributed by atoms with Gasteiger partial charge in [0.05, 0.1) is 35.1 Å². The number of hydrogen-bond donors (Lipinski definition) is 1. The lowest BCUT2D eigenvalue weighted by atomic mass is 10.1.